The largest absolute Gasteiger partial charge is 0.853 e. The van der Waals surface area contributed by atoms with Gasteiger partial charge in [-0.15, -0.1) is 6.61 Å². The Bertz CT molecular complexity index is 87.1. The number of rotatable bonds is 8. The van der Waals surface area contributed by atoms with Crippen LogP contribution >= 0.6 is 0 Å². The topological polar surface area (TPSA) is 50.8 Å². The van der Waals surface area contributed by atoms with Crippen molar-refractivity contribution in [2.75, 3.05) is 33.0 Å². The molecule has 12 heavy (non-hydrogen) atoms. The van der Waals surface area contributed by atoms with Crippen LogP contribution in [0.5, 0.6) is 0 Å². The molecule has 0 radical (unpaired) electrons. The molecule has 4 nitrogen and oxygen atoms in total. The second-order valence-corrected chi connectivity index (χ2v) is 2.21. The average molecular weight is 177 g/mol. The van der Waals surface area contributed by atoms with Crippen LogP contribution in [0.1, 0.15) is 13.8 Å². The van der Waals surface area contributed by atoms with E-state index in [1.807, 2.05) is 13.8 Å². The molecule has 0 saturated heterocycles. The van der Waals surface area contributed by atoms with E-state index in [4.69, 9.17) is 14.2 Å². The smallest absolute Gasteiger partial charge is 0.154 e. The summed E-state index contributed by atoms with van der Waals surface area (Å²) < 4.78 is 15.2. The lowest BCUT2D eigenvalue weighted by Gasteiger charge is -2.12. The summed E-state index contributed by atoms with van der Waals surface area (Å²) in [5, 5.41) is 9.94. The molecule has 4 heteroatoms. The summed E-state index contributed by atoms with van der Waals surface area (Å²) in [6.07, 6.45) is -0.189. The molecule has 0 bridgehead atoms. The summed E-state index contributed by atoms with van der Waals surface area (Å²) in [5.74, 6) is 0. The lowest BCUT2D eigenvalue weighted by atomic mass is 10.7. The fraction of sp³-hybridized carbons (Fsp3) is 1.00. The molecule has 1 atom stereocenters. The maximum absolute atomic E-state index is 9.94. The third-order valence-corrected chi connectivity index (χ3v) is 1.21. The fourth-order valence-corrected chi connectivity index (χ4v) is 0.717. The summed E-state index contributed by atoms with van der Waals surface area (Å²) in [5.41, 5.74) is 0. The van der Waals surface area contributed by atoms with Crippen LogP contribution < -0.4 is 5.11 Å². The van der Waals surface area contributed by atoms with Gasteiger partial charge in [0.2, 0.25) is 0 Å². The van der Waals surface area contributed by atoms with Gasteiger partial charge in [-0.3, -0.25) is 0 Å². The Hall–Kier alpha value is -0.160. The van der Waals surface area contributed by atoms with Crippen molar-refractivity contribution in [2.45, 2.75) is 20.1 Å². The SMILES string of the molecule is CCOC(C)OCCOCC[O-]. The highest BCUT2D eigenvalue weighted by molar-refractivity contribution is 4.33. The molecule has 74 valence electrons. The molecule has 0 rings (SSSR count). The first-order valence-corrected chi connectivity index (χ1v) is 4.20. The van der Waals surface area contributed by atoms with E-state index in [1.54, 1.807) is 0 Å². The highest BCUT2D eigenvalue weighted by Gasteiger charge is 1.98. The van der Waals surface area contributed by atoms with E-state index in [1.165, 1.54) is 0 Å². The van der Waals surface area contributed by atoms with Gasteiger partial charge in [0.05, 0.1) is 13.2 Å². The number of hydrogen-bond acceptors (Lipinski definition) is 4. The quantitative estimate of drug-likeness (QED) is 0.379. The van der Waals surface area contributed by atoms with Crippen molar-refractivity contribution in [1.29, 1.82) is 0 Å². The second kappa shape index (κ2) is 8.93. The Kier molecular flexibility index (Phi) is 8.81. The Labute approximate surface area is 73.4 Å². The summed E-state index contributed by atoms with van der Waals surface area (Å²) in [4.78, 5) is 0. The molecule has 0 aromatic carbocycles. The van der Waals surface area contributed by atoms with E-state index < -0.39 is 0 Å². The molecule has 0 N–H and O–H groups in total. The van der Waals surface area contributed by atoms with Gasteiger partial charge in [-0.05, 0) is 13.8 Å². The van der Waals surface area contributed by atoms with Gasteiger partial charge >= 0.3 is 0 Å². The molecule has 0 spiro atoms. The fourth-order valence-electron chi connectivity index (χ4n) is 0.717. The molecule has 0 heterocycles. The van der Waals surface area contributed by atoms with Crippen molar-refractivity contribution in [3.63, 3.8) is 0 Å². The van der Waals surface area contributed by atoms with Crippen LogP contribution in [-0.4, -0.2) is 39.3 Å². The molecule has 0 saturated carbocycles. The molecule has 0 amide bonds. The second-order valence-electron chi connectivity index (χ2n) is 2.21. The molecular weight excluding hydrogens is 160 g/mol. The predicted molar refractivity (Wildman–Crippen MR) is 42.7 cm³/mol. The van der Waals surface area contributed by atoms with E-state index in [-0.39, 0.29) is 19.5 Å². The van der Waals surface area contributed by atoms with Gasteiger partial charge in [0, 0.05) is 13.2 Å². The first kappa shape index (κ1) is 11.8. The minimum Gasteiger partial charge on any atom is -0.853 e. The Morgan fingerprint density at radius 2 is 1.92 bits per heavy atom. The van der Waals surface area contributed by atoms with Gasteiger partial charge in [0.15, 0.2) is 6.29 Å². The van der Waals surface area contributed by atoms with Crippen molar-refractivity contribution in [2.24, 2.45) is 0 Å². The normalized spacial score (nSPS) is 13.2. The zero-order valence-electron chi connectivity index (χ0n) is 7.75. The first-order chi connectivity index (χ1) is 5.81. The van der Waals surface area contributed by atoms with Crippen molar-refractivity contribution >= 4 is 0 Å². The lowest BCUT2D eigenvalue weighted by molar-refractivity contribution is -0.374. The maximum atomic E-state index is 9.94. The Morgan fingerprint density at radius 1 is 1.17 bits per heavy atom. The van der Waals surface area contributed by atoms with Crippen LogP contribution in [0.4, 0.5) is 0 Å². The van der Waals surface area contributed by atoms with E-state index in [0.717, 1.165) is 0 Å². The minimum absolute atomic E-state index is 0.189. The molecule has 0 aromatic rings. The Balaban J connectivity index is 2.97. The Morgan fingerprint density at radius 3 is 2.50 bits per heavy atom. The van der Waals surface area contributed by atoms with Gasteiger partial charge in [-0.2, -0.15) is 0 Å². The molecule has 0 aromatic heterocycles. The van der Waals surface area contributed by atoms with Crippen LogP contribution in [0.3, 0.4) is 0 Å². The van der Waals surface area contributed by atoms with Crippen LogP contribution in [-0.2, 0) is 14.2 Å². The third kappa shape index (κ3) is 7.94. The van der Waals surface area contributed by atoms with Crippen LogP contribution in [0.2, 0.25) is 0 Å². The summed E-state index contributed by atoms with van der Waals surface area (Å²) >= 11 is 0. The molecule has 0 fully saturated rings. The van der Waals surface area contributed by atoms with Crippen molar-refractivity contribution in [3.8, 4) is 0 Å². The van der Waals surface area contributed by atoms with E-state index in [2.05, 4.69) is 0 Å². The van der Waals surface area contributed by atoms with Gasteiger partial charge < -0.3 is 19.3 Å². The summed E-state index contributed by atoms with van der Waals surface area (Å²) in [7, 11) is 0. The maximum Gasteiger partial charge on any atom is 0.154 e. The summed E-state index contributed by atoms with van der Waals surface area (Å²) in [6, 6.07) is 0. The van der Waals surface area contributed by atoms with Gasteiger partial charge in [0.1, 0.15) is 0 Å². The van der Waals surface area contributed by atoms with Crippen LogP contribution in [0.25, 0.3) is 0 Å². The van der Waals surface area contributed by atoms with Crippen LogP contribution in [0, 0.1) is 0 Å². The standard InChI is InChI=1S/C8H17O4/c1-3-11-8(2)12-7-6-10-5-4-9/h8H,3-7H2,1-2H3/q-1. The highest BCUT2D eigenvalue weighted by Crippen LogP contribution is 1.92. The number of ether oxygens (including phenoxy) is 3. The van der Waals surface area contributed by atoms with Gasteiger partial charge in [-0.1, -0.05) is 0 Å². The first-order valence-electron chi connectivity index (χ1n) is 4.20. The monoisotopic (exact) mass is 177 g/mol. The van der Waals surface area contributed by atoms with Crippen molar-refractivity contribution in [1.82, 2.24) is 0 Å². The van der Waals surface area contributed by atoms with E-state index in [0.29, 0.717) is 19.8 Å². The van der Waals surface area contributed by atoms with Crippen LogP contribution in [0.15, 0.2) is 0 Å². The minimum atomic E-state index is -0.193. The van der Waals surface area contributed by atoms with E-state index in [9.17, 15) is 5.11 Å². The zero-order chi connectivity index (χ0) is 9.23. The van der Waals surface area contributed by atoms with Crippen molar-refractivity contribution in [3.05, 3.63) is 0 Å². The zero-order valence-corrected chi connectivity index (χ0v) is 7.75. The van der Waals surface area contributed by atoms with Gasteiger partial charge in [0.25, 0.3) is 0 Å². The average Bonchev–Trinajstić information content (AvgIpc) is 2.05. The van der Waals surface area contributed by atoms with Gasteiger partial charge in [-0.25, -0.2) is 0 Å². The highest BCUT2D eigenvalue weighted by atomic mass is 16.7. The summed E-state index contributed by atoms with van der Waals surface area (Å²) in [6.45, 7) is 5.38. The van der Waals surface area contributed by atoms with E-state index >= 15 is 0 Å². The predicted octanol–water partition coefficient (Wildman–Crippen LogP) is -0.238. The third-order valence-electron chi connectivity index (χ3n) is 1.21. The van der Waals surface area contributed by atoms with Crippen molar-refractivity contribution < 1.29 is 19.3 Å². The molecular formula is C8H17O4-. The number of hydrogen-bond donors (Lipinski definition) is 0. The lowest BCUT2D eigenvalue weighted by Crippen LogP contribution is -2.18. The molecule has 0 aliphatic rings. The molecule has 0 aliphatic heterocycles. The molecule has 1 unspecified atom stereocenters. The molecule has 0 aliphatic carbocycles.